The third-order valence-electron chi connectivity index (χ3n) is 4.25. The Morgan fingerprint density at radius 1 is 1.19 bits per heavy atom. The first-order valence-corrected chi connectivity index (χ1v) is 8.52. The zero-order valence-corrected chi connectivity index (χ0v) is 14.3. The fourth-order valence-electron chi connectivity index (χ4n) is 2.97. The number of hydrogen-bond acceptors (Lipinski definition) is 5. The normalized spacial score (nSPS) is 17.6. The van der Waals surface area contributed by atoms with Gasteiger partial charge in [0.25, 0.3) is 5.69 Å². The van der Waals surface area contributed by atoms with Crippen LogP contribution in [0.5, 0.6) is 0 Å². The number of nitrogens with zero attached hydrogens (tertiary/aromatic N) is 2. The molecule has 0 saturated carbocycles. The maximum Gasteiger partial charge on any atom is 0.269 e. The number of morpholine rings is 1. The lowest BCUT2D eigenvalue weighted by Gasteiger charge is -2.32. The van der Waals surface area contributed by atoms with E-state index in [4.69, 9.17) is 4.74 Å². The van der Waals surface area contributed by atoms with E-state index in [1.807, 2.05) is 18.2 Å². The average molecular weight is 355 g/mol. The fourth-order valence-corrected chi connectivity index (χ4v) is 2.97. The molecule has 0 spiro atoms. The maximum atomic E-state index is 12.2. The van der Waals surface area contributed by atoms with Gasteiger partial charge in [0.1, 0.15) is 0 Å². The van der Waals surface area contributed by atoms with Crippen molar-refractivity contribution in [2.45, 2.75) is 19.1 Å². The summed E-state index contributed by atoms with van der Waals surface area (Å²) in [5.41, 5.74) is 1.77. The van der Waals surface area contributed by atoms with Crippen LogP contribution in [0.1, 0.15) is 12.0 Å². The third kappa shape index (κ3) is 5.11. The lowest BCUT2D eigenvalue weighted by molar-refractivity contribution is -0.384. The van der Waals surface area contributed by atoms with Crippen molar-refractivity contribution in [1.82, 2.24) is 4.90 Å². The summed E-state index contributed by atoms with van der Waals surface area (Å²) in [5.74, 6) is -0.162. The van der Waals surface area contributed by atoms with E-state index in [1.165, 1.54) is 29.8 Å². The van der Waals surface area contributed by atoms with Crippen LogP contribution in [-0.2, 0) is 16.1 Å². The topological polar surface area (TPSA) is 84.7 Å². The van der Waals surface area contributed by atoms with Gasteiger partial charge < -0.3 is 10.1 Å². The van der Waals surface area contributed by atoms with Crippen LogP contribution in [0.2, 0.25) is 0 Å². The number of non-ortho nitro benzene ring substituents is 1. The Hall–Kier alpha value is -2.77. The molecule has 3 rings (SSSR count). The second-order valence-corrected chi connectivity index (χ2v) is 6.27. The number of rotatable bonds is 6. The zero-order chi connectivity index (χ0) is 18.4. The van der Waals surface area contributed by atoms with Crippen LogP contribution < -0.4 is 5.32 Å². The largest absolute Gasteiger partial charge is 0.375 e. The van der Waals surface area contributed by atoms with Gasteiger partial charge in [0.2, 0.25) is 5.91 Å². The van der Waals surface area contributed by atoms with Gasteiger partial charge in [-0.3, -0.25) is 19.8 Å². The van der Waals surface area contributed by atoms with Gasteiger partial charge >= 0.3 is 0 Å². The minimum Gasteiger partial charge on any atom is -0.375 e. The van der Waals surface area contributed by atoms with Gasteiger partial charge in [-0.25, -0.2) is 0 Å². The van der Waals surface area contributed by atoms with Crippen molar-refractivity contribution >= 4 is 17.3 Å². The summed E-state index contributed by atoms with van der Waals surface area (Å²) in [6, 6.07) is 16.0. The zero-order valence-electron chi connectivity index (χ0n) is 14.3. The molecule has 136 valence electrons. The first-order valence-electron chi connectivity index (χ1n) is 8.52. The van der Waals surface area contributed by atoms with Crippen molar-refractivity contribution < 1.29 is 14.5 Å². The smallest absolute Gasteiger partial charge is 0.269 e. The Kier molecular flexibility index (Phi) is 5.93. The molecule has 1 amide bonds. The molecule has 2 aromatic rings. The molecule has 26 heavy (non-hydrogen) atoms. The molecular formula is C19H21N3O4. The van der Waals surface area contributed by atoms with Crippen molar-refractivity contribution in [2.75, 3.05) is 25.0 Å². The molecule has 0 aliphatic carbocycles. The number of nitrogens with one attached hydrogen (secondary N) is 1. The average Bonchev–Trinajstić information content (AvgIpc) is 2.63. The number of anilines is 1. The highest BCUT2D eigenvalue weighted by atomic mass is 16.6. The number of nitro benzene ring substituents is 1. The highest BCUT2D eigenvalue weighted by Gasteiger charge is 2.23. The Labute approximate surface area is 151 Å². The molecule has 1 saturated heterocycles. The first kappa shape index (κ1) is 18.0. The SMILES string of the molecule is O=C(CC1CN(Cc2ccccc2)CCO1)Nc1ccc([N+](=O)[O-])cc1. The second-order valence-electron chi connectivity index (χ2n) is 6.27. The lowest BCUT2D eigenvalue weighted by atomic mass is 10.1. The van der Waals surface area contributed by atoms with Gasteiger partial charge in [0.15, 0.2) is 0 Å². The predicted molar refractivity (Wildman–Crippen MR) is 97.8 cm³/mol. The summed E-state index contributed by atoms with van der Waals surface area (Å²) >= 11 is 0. The minimum atomic E-state index is -0.469. The quantitative estimate of drug-likeness (QED) is 0.636. The Bertz CT molecular complexity index is 749. The number of amides is 1. The van der Waals surface area contributed by atoms with Crippen molar-refractivity contribution in [2.24, 2.45) is 0 Å². The van der Waals surface area contributed by atoms with Crippen molar-refractivity contribution in [1.29, 1.82) is 0 Å². The van der Waals surface area contributed by atoms with Crippen LogP contribution >= 0.6 is 0 Å². The minimum absolute atomic E-state index is 0.00448. The van der Waals surface area contributed by atoms with E-state index in [-0.39, 0.29) is 24.1 Å². The molecule has 1 aliphatic rings. The molecule has 1 fully saturated rings. The number of nitro groups is 1. The van der Waals surface area contributed by atoms with Crippen LogP contribution in [0, 0.1) is 10.1 Å². The molecule has 0 radical (unpaired) electrons. The molecule has 1 aliphatic heterocycles. The van der Waals surface area contributed by atoms with E-state index in [0.29, 0.717) is 18.8 Å². The number of ether oxygens (including phenoxy) is 1. The van der Waals surface area contributed by atoms with Gasteiger partial charge in [-0.05, 0) is 17.7 Å². The third-order valence-corrected chi connectivity index (χ3v) is 4.25. The van der Waals surface area contributed by atoms with Crippen LogP contribution in [0.4, 0.5) is 11.4 Å². The number of carbonyl (C=O) groups excluding carboxylic acids is 1. The Morgan fingerprint density at radius 3 is 2.62 bits per heavy atom. The fraction of sp³-hybridized carbons (Fsp3) is 0.316. The van der Waals surface area contributed by atoms with E-state index in [2.05, 4.69) is 22.3 Å². The van der Waals surface area contributed by atoms with E-state index in [0.717, 1.165) is 13.1 Å². The second kappa shape index (κ2) is 8.55. The number of hydrogen-bond donors (Lipinski definition) is 1. The molecule has 1 heterocycles. The standard InChI is InChI=1S/C19H21N3O4/c23-19(20-16-6-8-17(9-7-16)22(24)25)12-18-14-21(10-11-26-18)13-15-4-2-1-3-5-15/h1-9,18H,10-14H2,(H,20,23). The van der Waals surface area contributed by atoms with Crippen LogP contribution in [0.3, 0.4) is 0 Å². The summed E-state index contributed by atoms with van der Waals surface area (Å²) in [4.78, 5) is 24.7. The van der Waals surface area contributed by atoms with Gasteiger partial charge in [-0.2, -0.15) is 0 Å². The van der Waals surface area contributed by atoms with E-state index >= 15 is 0 Å². The van der Waals surface area contributed by atoms with Crippen LogP contribution in [-0.4, -0.2) is 41.5 Å². The molecule has 0 bridgehead atoms. The lowest BCUT2D eigenvalue weighted by Crippen LogP contribution is -2.43. The van der Waals surface area contributed by atoms with Crippen molar-refractivity contribution in [3.05, 3.63) is 70.3 Å². The van der Waals surface area contributed by atoms with Crippen LogP contribution in [0.25, 0.3) is 0 Å². The van der Waals surface area contributed by atoms with E-state index < -0.39 is 4.92 Å². The number of benzene rings is 2. The molecule has 0 aromatic heterocycles. The predicted octanol–water partition coefficient (Wildman–Crippen LogP) is 2.82. The molecule has 7 heteroatoms. The summed E-state index contributed by atoms with van der Waals surface area (Å²) in [6.45, 7) is 2.98. The molecule has 1 N–H and O–H groups in total. The number of carbonyl (C=O) groups is 1. The molecule has 1 unspecified atom stereocenters. The van der Waals surface area contributed by atoms with E-state index in [1.54, 1.807) is 0 Å². The summed E-state index contributed by atoms with van der Waals surface area (Å²) < 4.78 is 5.71. The maximum absolute atomic E-state index is 12.2. The van der Waals surface area contributed by atoms with Gasteiger partial charge in [0, 0.05) is 37.5 Å². The summed E-state index contributed by atoms with van der Waals surface area (Å²) in [7, 11) is 0. The molecular weight excluding hydrogens is 334 g/mol. The van der Waals surface area contributed by atoms with Gasteiger partial charge in [-0.15, -0.1) is 0 Å². The Morgan fingerprint density at radius 2 is 1.92 bits per heavy atom. The van der Waals surface area contributed by atoms with E-state index in [9.17, 15) is 14.9 Å². The summed E-state index contributed by atoms with van der Waals surface area (Å²) in [5, 5.41) is 13.4. The molecule has 1 atom stereocenters. The van der Waals surface area contributed by atoms with Crippen molar-refractivity contribution in [3.63, 3.8) is 0 Å². The van der Waals surface area contributed by atoms with Gasteiger partial charge in [0.05, 0.1) is 24.1 Å². The highest BCUT2D eigenvalue weighted by Crippen LogP contribution is 2.17. The highest BCUT2D eigenvalue weighted by molar-refractivity contribution is 5.91. The van der Waals surface area contributed by atoms with Crippen LogP contribution in [0.15, 0.2) is 54.6 Å². The van der Waals surface area contributed by atoms with Gasteiger partial charge in [-0.1, -0.05) is 30.3 Å². The van der Waals surface area contributed by atoms with Crippen molar-refractivity contribution in [3.8, 4) is 0 Å². The molecule has 2 aromatic carbocycles. The summed E-state index contributed by atoms with van der Waals surface area (Å²) in [6.07, 6.45) is 0.0907. The first-order chi connectivity index (χ1) is 12.6. The Balaban J connectivity index is 1.49. The monoisotopic (exact) mass is 355 g/mol. The molecule has 7 nitrogen and oxygen atoms in total.